The summed E-state index contributed by atoms with van der Waals surface area (Å²) >= 11 is 0. The molecule has 0 aliphatic carbocycles. The van der Waals surface area contributed by atoms with Gasteiger partial charge in [-0.05, 0) is 36.8 Å². The zero-order chi connectivity index (χ0) is 23.7. The fraction of sp³-hybridized carbons (Fsp3) is 0.231. The second kappa shape index (κ2) is 9.04. The Bertz CT molecular complexity index is 1420. The molecule has 1 fully saturated rings. The lowest BCUT2D eigenvalue weighted by molar-refractivity contribution is 0.101. The number of sulfonamides is 1. The van der Waals surface area contributed by atoms with Crippen LogP contribution in [0.4, 0.5) is 5.95 Å². The van der Waals surface area contributed by atoms with Gasteiger partial charge < -0.3 is 9.47 Å². The smallest absolute Gasteiger partial charge is 0.243 e. The maximum Gasteiger partial charge on any atom is 0.243 e. The fourth-order valence-corrected chi connectivity index (χ4v) is 5.79. The molecule has 4 aromatic rings. The molecule has 1 aliphatic heterocycles. The summed E-state index contributed by atoms with van der Waals surface area (Å²) in [7, 11) is -3.63. The van der Waals surface area contributed by atoms with Crippen molar-refractivity contribution in [2.24, 2.45) is 0 Å². The molecule has 0 atom stereocenters. The van der Waals surface area contributed by atoms with E-state index in [1.54, 1.807) is 12.1 Å². The molecule has 0 unspecified atom stereocenters. The lowest BCUT2D eigenvalue weighted by Gasteiger charge is -2.34. The van der Waals surface area contributed by atoms with Gasteiger partial charge in [-0.2, -0.15) is 4.31 Å². The van der Waals surface area contributed by atoms with E-state index in [-0.39, 0.29) is 10.7 Å². The molecule has 5 rings (SSSR count). The Morgan fingerprint density at radius 2 is 1.50 bits per heavy atom. The number of ketones is 1. The molecule has 0 amide bonds. The third-order valence-corrected chi connectivity index (χ3v) is 8.15. The van der Waals surface area contributed by atoms with Crippen LogP contribution < -0.4 is 4.90 Å². The zero-order valence-corrected chi connectivity index (χ0v) is 19.8. The van der Waals surface area contributed by atoms with Crippen molar-refractivity contribution in [1.82, 2.24) is 13.9 Å². The molecule has 3 aromatic carbocycles. The van der Waals surface area contributed by atoms with E-state index in [0.717, 1.165) is 17.0 Å². The number of piperazine rings is 1. The second-order valence-corrected chi connectivity index (χ2v) is 10.4. The summed E-state index contributed by atoms with van der Waals surface area (Å²) in [6.45, 7) is 3.98. The normalized spacial score (nSPS) is 15.0. The van der Waals surface area contributed by atoms with Crippen LogP contribution in [0.5, 0.6) is 0 Å². The molecular weight excluding hydrogens is 448 g/mol. The molecular formula is C26H26N4O3S. The zero-order valence-electron chi connectivity index (χ0n) is 19.0. The standard InChI is InChI=1S/C26H26N4O3S/c1-20(31)22-11-13-23(14-12-22)34(32,33)29-17-15-28(16-18-29)26-27-24-9-5-6-10-25(24)30(26)19-21-7-3-2-4-8-21/h2-14H,15-19H2,1H3. The van der Waals surface area contributed by atoms with Crippen LogP contribution in [0.15, 0.2) is 83.8 Å². The largest absolute Gasteiger partial charge is 0.340 e. The van der Waals surface area contributed by atoms with Gasteiger partial charge in [-0.1, -0.05) is 54.6 Å². The van der Waals surface area contributed by atoms with Crippen LogP contribution in [0.1, 0.15) is 22.8 Å². The molecule has 0 N–H and O–H groups in total. The van der Waals surface area contributed by atoms with E-state index in [1.165, 1.54) is 28.9 Å². The first-order valence-corrected chi connectivity index (χ1v) is 12.7. The van der Waals surface area contributed by atoms with Crippen LogP contribution >= 0.6 is 0 Å². The molecule has 174 valence electrons. The topological polar surface area (TPSA) is 75.5 Å². The Hall–Kier alpha value is -3.49. The number of anilines is 1. The van der Waals surface area contributed by atoms with Crippen molar-refractivity contribution in [3.63, 3.8) is 0 Å². The molecule has 1 aromatic heterocycles. The highest BCUT2D eigenvalue weighted by atomic mass is 32.2. The number of benzene rings is 3. The Kier molecular flexibility index (Phi) is 5.93. The van der Waals surface area contributed by atoms with Gasteiger partial charge in [0.05, 0.1) is 22.5 Å². The Labute approximate surface area is 199 Å². The molecule has 2 heterocycles. The minimum atomic E-state index is -3.63. The molecule has 0 saturated carbocycles. The number of hydrogen-bond acceptors (Lipinski definition) is 5. The number of para-hydroxylation sites is 2. The number of hydrogen-bond donors (Lipinski definition) is 0. The Balaban J connectivity index is 1.38. The first-order chi connectivity index (χ1) is 16.4. The van der Waals surface area contributed by atoms with Crippen LogP contribution in [-0.4, -0.2) is 54.2 Å². The number of nitrogens with zero attached hydrogens (tertiary/aromatic N) is 4. The summed E-state index contributed by atoms with van der Waals surface area (Å²) in [4.78, 5) is 18.8. The number of carbonyl (C=O) groups excluding carboxylic acids is 1. The van der Waals surface area contributed by atoms with Crippen molar-refractivity contribution in [2.75, 3.05) is 31.1 Å². The first kappa shape index (κ1) is 22.3. The maximum atomic E-state index is 13.2. The van der Waals surface area contributed by atoms with E-state index < -0.39 is 10.0 Å². The summed E-state index contributed by atoms with van der Waals surface area (Å²) in [5, 5.41) is 0. The Morgan fingerprint density at radius 1 is 0.853 bits per heavy atom. The summed E-state index contributed by atoms with van der Waals surface area (Å²) < 4.78 is 30.0. The minimum Gasteiger partial charge on any atom is -0.340 e. The molecule has 7 nitrogen and oxygen atoms in total. The summed E-state index contributed by atoms with van der Waals surface area (Å²) in [5.74, 6) is 0.767. The molecule has 0 bridgehead atoms. The van der Waals surface area contributed by atoms with E-state index in [2.05, 4.69) is 27.7 Å². The van der Waals surface area contributed by atoms with E-state index >= 15 is 0 Å². The molecule has 0 spiro atoms. The van der Waals surface area contributed by atoms with E-state index in [9.17, 15) is 13.2 Å². The molecule has 1 aliphatic rings. The third-order valence-electron chi connectivity index (χ3n) is 6.24. The van der Waals surface area contributed by atoms with Gasteiger partial charge in [-0.15, -0.1) is 0 Å². The maximum absolute atomic E-state index is 13.2. The lowest BCUT2D eigenvalue weighted by Crippen LogP contribution is -2.49. The molecule has 34 heavy (non-hydrogen) atoms. The average molecular weight is 475 g/mol. The van der Waals surface area contributed by atoms with Gasteiger partial charge in [0.25, 0.3) is 0 Å². The minimum absolute atomic E-state index is 0.0871. The van der Waals surface area contributed by atoms with Crippen LogP contribution in [0.3, 0.4) is 0 Å². The number of carbonyl (C=O) groups is 1. The summed E-state index contributed by atoms with van der Waals surface area (Å²) in [6.07, 6.45) is 0. The number of aromatic nitrogens is 2. The van der Waals surface area contributed by atoms with Gasteiger partial charge in [0.1, 0.15) is 0 Å². The van der Waals surface area contributed by atoms with Crippen molar-refractivity contribution < 1.29 is 13.2 Å². The third kappa shape index (κ3) is 4.22. The highest BCUT2D eigenvalue weighted by Gasteiger charge is 2.30. The van der Waals surface area contributed by atoms with Crippen molar-refractivity contribution in [2.45, 2.75) is 18.4 Å². The number of Topliss-reactive ketones (excluding diaryl/α,β-unsaturated/α-hetero) is 1. The summed E-state index contributed by atoms with van der Waals surface area (Å²) in [6, 6.07) is 24.5. The number of rotatable bonds is 6. The summed E-state index contributed by atoms with van der Waals surface area (Å²) in [5.41, 5.74) is 3.67. The number of fused-ring (bicyclic) bond motifs is 1. The molecule has 8 heteroatoms. The highest BCUT2D eigenvalue weighted by molar-refractivity contribution is 7.89. The fourth-order valence-electron chi connectivity index (χ4n) is 4.37. The van der Waals surface area contributed by atoms with E-state index in [1.807, 2.05) is 36.4 Å². The quantitative estimate of drug-likeness (QED) is 0.398. The van der Waals surface area contributed by atoms with Crippen LogP contribution in [0.25, 0.3) is 11.0 Å². The lowest BCUT2D eigenvalue weighted by atomic mass is 10.2. The van der Waals surface area contributed by atoms with Gasteiger partial charge in [-0.3, -0.25) is 4.79 Å². The number of imidazole rings is 1. The van der Waals surface area contributed by atoms with Crippen molar-refractivity contribution in [3.8, 4) is 0 Å². The predicted octanol–water partition coefficient (Wildman–Crippen LogP) is 3.80. The predicted molar refractivity (Wildman–Crippen MR) is 133 cm³/mol. The van der Waals surface area contributed by atoms with Crippen molar-refractivity contribution in [3.05, 3.63) is 90.0 Å². The van der Waals surface area contributed by atoms with Crippen LogP contribution in [-0.2, 0) is 16.6 Å². The Morgan fingerprint density at radius 3 is 2.18 bits per heavy atom. The van der Waals surface area contributed by atoms with Crippen LogP contribution in [0.2, 0.25) is 0 Å². The van der Waals surface area contributed by atoms with Gasteiger partial charge in [0.15, 0.2) is 5.78 Å². The van der Waals surface area contributed by atoms with Crippen molar-refractivity contribution in [1.29, 1.82) is 0 Å². The van der Waals surface area contributed by atoms with Gasteiger partial charge in [-0.25, -0.2) is 13.4 Å². The SMILES string of the molecule is CC(=O)c1ccc(S(=O)(=O)N2CCN(c3nc4ccccc4n3Cc3ccccc3)CC2)cc1. The monoisotopic (exact) mass is 474 g/mol. The second-order valence-electron chi connectivity index (χ2n) is 8.44. The van der Waals surface area contributed by atoms with Crippen LogP contribution in [0, 0.1) is 0 Å². The average Bonchev–Trinajstić information content (AvgIpc) is 3.23. The van der Waals surface area contributed by atoms with Crippen molar-refractivity contribution >= 4 is 32.8 Å². The van der Waals surface area contributed by atoms with E-state index in [0.29, 0.717) is 38.3 Å². The van der Waals surface area contributed by atoms with Gasteiger partial charge >= 0.3 is 0 Å². The van der Waals surface area contributed by atoms with E-state index in [4.69, 9.17) is 4.98 Å². The first-order valence-electron chi connectivity index (χ1n) is 11.3. The molecule has 1 saturated heterocycles. The highest BCUT2D eigenvalue weighted by Crippen LogP contribution is 2.26. The molecule has 0 radical (unpaired) electrons. The van der Waals surface area contributed by atoms with Gasteiger partial charge in [0, 0.05) is 31.7 Å². The van der Waals surface area contributed by atoms with Gasteiger partial charge in [0.2, 0.25) is 16.0 Å².